The van der Waals surface area contributed by atoms with Gasteiger partial charge in [-0.3, -0.25) is 0 Å². The molecule has 0 saturated carbocycles. The second kappa shape index (κ2) is 10.2. The summed E-state index contributed by atoms with van der Waals surface area (Å²) in [7, 11) is 0. The average Bonchev–Trinajstić information content (AvgIpc) is 2.93. The summed E-state index contributed by atoms with van der Waals surface area (Å²) in [5.41, 5.74) is 0.301. The van der Waals surface area contributed by atoms with Gasteiger partial charge in [0, 0.05) is 0 Å². The third-order valence-corrected chi connectivity index (χ3v) is 10.5. The molecule has 3 atom stereocenters. The molecule has 0 aromatic heterocycles. The first kappa shape index (κ1) is 25.8. The Morgan fingerprint density at radius 3 is 2.48 bits per heavy atom. The van der Waals surface area contributed by atoms with E-state index in [0.717, 1.165) is 5.56 Å². The molecule has 2 unspecified atom stereocenters. The van der Waals surface area contributed by atoms with Gasteiger partial charge in [0.2, 0.25) is 0 Å². The van der Waals surface area contributed by atoms with Crippen molar-refractivity contribution in [3.8, 4) is 0 Å². The summed E-state index contributed by atoms with van der Waals surface area (Å²) in [4.78, 5) is 51.2. The van der Waals surface area contributed by atoms with Gasteiger partial charge in [0.15, 0.2) is 0 Å². The van der Waals surface area contributed by atoms with Gasteiger partial charge < -0.3 is 0 Å². The Balaban J connectivity index is 1.50. The summed E-state index contributed by atoms with van der Waals surface area (Å²) < 4.78 is 9.55. The van der Waals surface area contributed by atoms with Crippen molar-refractivity contribution in [2.24, 2.45) is 0 Å². The number of hydrogen-bond acceptors (Lipinski definition) is 7. The van der Waals surface area contributed by atoms with Crippen molar-refractivity contribution in [3.05, 3.63) is 35.9 Å². The van der Waals surface area contributed by atoms with Crippen molar-refractivity contribution in [2.45, 2.75) is 73.3 Å². The number of thioether (sulfide) groups is 1. The topological polar surface area (TPSA) is 102 Å². The zero-order valence-corrected chi connectivity index (χ0v) is 22.4. The molecule has 2 fully saturated rings. The molecule has 2 saturated heterocycles. The molecule has 2 amide bonds. The Hall–Kier alpha value is -1.82. The van der Waals surface area contributed by atoms with Crippen LogP contribution in [0.15, 0.2) is 30.3 Å². The van der Waals surface area contributed by atoms with E-state index in [9.17, 15) is 19.2 Å². The number of halogens is 1. The monoisotopic (exact) mass is 589 g/mol. The molecule has 1 N–H and O–H groups in total. The number of rotatable bonds is 8. The van der Waals surface area contributed by atoms with E-state index in [2.05, 4.69) is 5.32 Å². The number of nitrogens with zero attached hydrogens (tertiary/aromatic N) is 1. The Bertz CT molecular complexity index is 917. The molecular weight excluding hydrogens is 559 g/mol. The quantitative estimate of drug-likeness (QED) is 0.111. The zero-order chi connectivity index (χ0) is 24.4. The summed E-state index contributed by atoms with van der Waals surface area (Å²) in [5.74, 6) is -0.777. The molecule has 33 heavy (non-hydrogen) atoms. The summed E-state index contributed by atoms with van der Waals surface area (Å²) in [6.45, 7) is 9.30. The van der Waals surface area contributed by atoms with Gasteiger partial charge in [-0.2, -0.15) is 0 Å². The van der Waals surface area contributed by atoms with Crippen LogP contribution in [-0.4, -0.2) is 59.1 Å². The number of alkyl halides is 1. The number of benzene rings is 1. The predicted molar refractivity (Wildman–Crippen MR) is 120 cm³/mol. The van der Waals surface area contributed by atoms with E-state index in [-0.39, 0.29) is 49.4 Å². The number of carbonyl (C=O) groups is 4. The first-order valence-electron chi connectivity index (χ1n) is 10.7. The summed E-state index contributed by atoms with van der Waals surface area (Å²) >= 11 is 0.442. The normalized spacial score (nSPS) is 23.5. The molecule has 2 heterocycles. The van der Waals surface area contributed by atoms with E-state index in [4.69, 9.17) is 9.47 Å². The summed E-state index contributed by atoms with van der Waals surface area (Å²) in [6, 6.07) is 8.79. The van der Waals surface area contributed by atoms with E-state index in [1.807, 2.05) is 44.2 Å². The first-order valence-corrected chi connectivity index (χ1v) is 13.9. The van der Waals surface area contributed by atoms with Crippen LogP contribution in [0.25, 0.3) is 0 Å². The molecule has 0 spiro atoms. The zero-order valence-electron chi connectivity index (χ0n) is 19.4. The number of fused-ring (bicyclic) bond motifs is 1. The molecule has 2 aliphatic heterocycles. The van der Waals surface area contributed by atoms with Crippen molar-refractivity contribution >= 4 is 33.5 Å². The minimum absolute atomic E-state index is 0.00362. The van der Waals surface area contributed by atoms with Crippen LogP contribution in [-0.2, 0) is 30.3 Å². The van der Waals surface area contributed by atoms with Crippen LogP contribution in [0.1, 0.15) is 46.6 Å². The number of β-lactam (4-membered cyclic amide) rings is 1. The van der Waals surface area contributed by atoms with E-state index in [1.54, 1.807) is 37.4 Å². The van der Waals surface area contributed by atoms with E-state index < -0.39 is 38.8 Å². The van der Waals surface area contributed by atoms with Crippen LogP contribution in [0, 0.1) is 0 Å². The van der Waals surface area contributed by atoms with Crippen molar-refractivity contribution < 1.29 is 49.9 Å². The minimum atomic E-state index is -1.16. The van der Waals surface area contributed by atoms with Crippen LogP contribution in [0.3, 0.4) is 0 Å². The molecule has 182 valence electrons. The average molecular weight is 589 g/mol. The molecule has 2 aliphatic rings. The van der Waals surface area contributed by atoms with Crippen LogP contribution in [0.5, 0.6) is 0 Å². The molecule has 3 rings (SSSR count). The number of amides is 2. The van der Waals surface area contributed by atoms with Gasteiger partial charge in [-0.1, -0.05) is 0 Å². The van der Waals surface area contributed by atoms with E-state index >= 15 is 0 Å². The van der Waals surface area contributed by atoms with Gasteiger partial charge in [-0.05, 0) is 0 Å². The van der Waals surface area contributed by atoms with Gasteiger partial charge >= 0.3 is 209 Å². The van der Waals surface area contributed by atoms with Crippen molar-refractivity contribution in [2.75, 3.05) is 6.61 Å². The van der Waals surface area contributed by atoms with Gasteiger partial charge in [0.05, 0.1) is 0 Å². The SMILES string of the molecule is CC(C)(C)OC(=O)CCOC(=O)[I-]C1N2C(=O)[C@@H](NC(=O)Cc3ccccc3)C2SC1(C)C. The first-order chi connectivity index (χ1) is 15.4. The van der Waals surface area contributed by atoms with Gasteiger partial charge in [0.1, 0.15) is 0 Å². The summed E-state index contributed by atoms with van der Waals surface area (Å²) in [6.07, 6.45) is 0.210. The number of ether oxygens (including phenoxy) is 2. The molecule has 1 aromatic carbocycles. The number of esters is 1. The van der Waals surface area contributed by atoms with Crippen LogP contribution < -0.4 is 26.5 Å². The van der Waals surface area contributed by atoms with Crippen LogP contribution in [0.4, 0.5) is 4.79 Å². The van der Waals surface area contributed by atoms with Crippen molar-refractivity contribution in [1.29, 1.82) is 0 Å². The molecule has 1 aromatic rings. The Labute approximate surface area is 208 Å². The van der Waals surface area contributed by atoms with Gasteiger partial charge in [-0.25, -0.2) is 0 Å². The van der Waals surface area contributed by atoms with Crippen LogP contribution in [0.2, 0.25) is 0 Å². The van der Waals surface area contributed by atoms with E-state index in [0.29, 0.717) is 0 Å². The standard InChI is InChI=1S/C23H30IN2O6S/c1-22(2,3)32-16(28)11-12-31-21(30)24-20-23(4,5)33-19-17(18(29)26(19)20)25-15(27)13-14-9-7-6-8-10-14/h6-10,17,19-20H,11-13H2,1-5H3,(H,25,27)/q-1/t17-,19?,20?/m1/s1. The van der Waals surface area contributed by atoms with Crippen molar-refractivity contribution in [3.63, 3.8) is 0 Å². The molecule has 10 heteroatoms. The van der Waals surface area contributed by atoms with Crippen LogP contribution >= 0.6 is 11.8 Å². The molecular formula is C23H30IN2O6S-. The number of hydrogen-bond donors (Lipinski definition) is 1. The number of carbonyl (C=O) groups excluding carboxylic acids is 4. The Morgan fingerprint density at radius 1 is 1.18 bits per heavy atom. The Kier molecular flexibility index (Phi) is 7.98. The molecule has 8 nitrogen and oxygen atoms in total. The second-order valence-corrected chi connectivity index (χ2v) is 13.9. The van der Waals surface area contributed by atoms with Gasteiger partial charge in [0.25, 0.3) is 0 Å². The number of nitrogens with one attached hydrogen (secondary N) is 1. The van der Waals surface area contributed by atoms with Crippen molar-refractivity contribution in [1.82, 2.24) is 10.2 Å². The summed E-state index contributed by atoms with van der Waals surface area (Å²) in [5, 5.41) is 2.67. The second-order valence-electron chi connectivity index (χ2n) is 9.43. The van der Waals surface area contributed by atoms with Gasteiger partial charge in [-0.15, -0.1) is 0 Å². The third kappa shape index (κ3) is 6.62. The predicted octanol–water partition coefficient (Wildman–Crippen LogP) is -0.309. The maximum absolute atomic E-state index is 12.8. The fourth-order valence-corrected chi connectivity index (χ4v) is 8.62. The Morgan fingerprint density at radius 2 is 1.85 bits per heavy atom. The maximum atomic E-state index is 12.8. The third-order valence-electron chi connectivity index (χ3n) is 4.98. The fourth-order valence-electron chi connectivity index (χ4n) is 3.60. The van der Waals surface area contributed by atoms with E-state index in [1.165, 1.54) is 0 Å². The molecule has 0 radical (unpaired) electrons. The molecule has 0 bridgehead atoms. The fraction of sp³-hybridized carbons (Fsp3) is 0.565. The molecule has 0 aliphatic carbocycles.